The molecule has 0 unspecified atom stereocenters. The van der Waals surface area contributed by atoms with Crippen LogP contribution in [0.3, 0.4) is 0 Å². The number of aromatic hydroxyl groups is 1. The van der Waals surface area contributed by atoms with E-state index in [1.54, 1.807) is 36.4 Å². The highest BCUT2D eigenvalue weighted by Gasteiger charge is 2.30. The molecule has 0 aromatic heterocycles. The first-order valence-corrected chi connectivity index (χ1v) is 6.02. The fourth-order valence-electron chi connectivity index (χ4n) is 2.00. The van der Waals surface area contributed by atoms with Crippen LogP contribution in [0, 0.1) is 0 Å². The van der Waals surface area contributed by atoms with Gasteiger partial charge in [0.25, 0.3) is 0 Å². The lowest BCUT2D eigenvalue weighted by Crippen LogP contribution is -2.24. The molecule has 20 heavy (non-hydrogen) atoms. The maximum absolute atomic E-state index is 12.3. The Balaban J connectivity index is 2.04. The molecular weight excluding hydrogens is 256 g/mol. The summed E-state index contributed by atoms with van der Waals surface area (Å²) in [5.74, 6) is -0.618. The molecule has 0 aliphatic carbocycles. The molecule has 3 rings (SSSR count). The van der Waals surface area contributed by atoms with Crippen molar-refractivity contribution in [2.45, 2.75) is 0 Å². The largest absolute Gasteiger partial charge is 0.508 e. The van der Waals surface area contributed by atoms with Gasteiger partial charge in [-0.05, 0) is 35.9 Å². The van der Waals surface area contributed by atoms with E-state index in [4.69, 9.17) is 4.74 Å². The van der Waals surface area contributed by atoms with Crippen molar-refractivity contribution in [2.75, 3.05) is 0 Å². The van der Waals surface area contributed by atoms with E-state index in [2.05, 4.69) is 0 Å². The number of fused-ring (bicyclic) bond motifs is 1. The Labute approximate surface area is 114 Å². The minimum absolute atomic E-state index is 0.0191. The quantitative estimate of drug-likeness (QED) is 0.373. The lowest BCUT2D eigenvalue weighted by molar-refractivity contribution is -0.130. The first kappa shape index (κ1) is 12.2. The molecule has 0 bridgehead atoms. The van der Waals surface area contributed by atoms with Crippen molar-refractivity contribution in [3.8, 4) is 11.5 Å². The van der Waals surface area contributed by atoms with Gasteiger partial charge in [0, 0.05) is 0 Å². The number of ether oxygens (including phenoxy) is 1. The minimum Gasteiger partial charge on any atom is -0.508 e. The molecule has 0 saturated heterocycles. The lowest BCUT2D eigenvalue weighted by Gasteiger charge is -2.16. The minimum atomic E-state index is -0.665. The van der Waals surface area contributed by atoms with Crippen molar-refractivity contribution in [3.05, 3.63) is 65.2 Å². The normalized spacial score (nSPS) is 15.9. The number of carbonyl (C=O) groups excluding carboxylic acids is 2. The monoisotopic (exact) mass is 266 g/mol. The van der Waals surface area contributed by atoms with Crippen LogP contribution in [0.2, 0.25) is 0 Å². The number of hydrogen-bond acceptors (Lipinski definition) is 4. The molecule has 0 atom stereocenters. The molecule has 4 heteroatoms. The van der Waals surface area contributed by atoms with E-state index in [9.17, 15) is 14.7 Å². The van der Waals surface area contributed by atoms with Crippen molar-refractivity contribution < 1.29 is 19.4 Å². The molecule has 2 aromatic carbocycles. The fraction of sp³-hybridized carbons (Fsp3) is 0. The molecule has 0 spiro atoms. The van der Waals surface area contributed by atoms with Gasteiger partial charge in [0.15, 0.2) is 0 Å². The van der Waals surface area contributed by atoms with Gasteiger partial charge in [0.2, 0.25) is 5.78 Å². The molecule has 4 nitrogen and oxygen atoms in total. The number of Topliss-reactive ketones (excluding diaryl/α,β-unsaturated/α-hetero) is 1. The number of hydrogen-bond donors (Lipinski definition) is 1. The highest BCUT2D eigenvalue weighted by Crippen LogP contribution is 2.28. The summed E-state index contributed by atoms with van der Waals surface area (Å²) in [4.78, 5) is 24.2. The van der Waals surface area contributed by atoms with Crippen LogP contribution in [0.25, 0.3) is 6.08 Å². The van der Waals surface area contributed by atoms with Crippen LogP contribution in [0.4, 0.5) is 0 Å². The molecule has 1 N–H and O–H groups in total. The fourth-order valence-corrected chi connectivity index (χ4v) is 2.00. The predicted molar refractivity (Wildman–Crippen MR) is 72.5 cm³/mol. The zero-order valence-corrected chi connectivity index (χ0v) is 10.4. The maximum Gasteiger partial charge on any atom is 0.347 e. The maximum atomic E-state index is 12.3. The highest BCUT2D eigenvalue weighted by atomic mass is 16.5. The summed E-state index contributed by atoms with van der Waals surface area (Å²) in [6.07, 6.45) is 1.46. The van der Waals surface area contributed by atoms with E-state index in [-0.39, 0.29) is 22.9 Å². The Kier molecular flexibility index (Phi) is 2.84. The number of phenols is 1. The number of carbonyl (C=O) groups is 2. The van der Waals surface area contributed by atoms with Crippen molar-refractivity contribution in [1.29, 1.82) is 0 Å². The Morgan fingerprint density at radius 1 is 0.950 bits per heavy atom. The van der Waals surface area contributed by atoms with E-state index in [1.807, 2.05) is 0 Å². The lowest BCUT2D eigenvalue weighted by atomic mass is 9.98. The van der Waals surface area contributed by atoms with Gasteiger partial charge in [-0.3, -0.25) is 4.79 Å². The second-order valence-corrected chi connectivity index (χ2v) is 4.36. The number of benzene rings is 2. The molecule has 98 valence electrons. The number of ketones is 1. The van der Waals surface area contributed by atoms with Gasteiger partial charge in [-0.1, -0.05) is 24.3 Å². The zero-order valence-electron chi connectivity index (χ0n) is 10.4. The van der Waals surface area contributed by atoms with Gasteiger partial charge in [-0.2, -0.15) is 0 Å². The number of para-hydroxylation sites is 1. The van der Waals surface area contributed by atoms with Crippen molar-refractivity contribution in [1.82, 2.24) is 0 Å². The van der Waals surface area contributed by atoms with Crippen LogP contribution >= 0.6 is 0 Å². The summed E-state index contributed by atoms with van der Waals surface area (Å²) in [5, 5.41) is 9.22. The summed E-state index contributed by atoms with van der Waals surface area (Å²) in [6, 6.07) is 12.8. The summed E-state index contributed by atoms with van der Waals surface area (Å²) in [6.45, 7) is 0. The Bertz CT molecular complexity index is 726. The van der Waals surface area contributed by atoms with Crippen molar-refractivity contribution in [2.24, 2.45) is 0 Å². The summed E-state index contributed by atoms with van der Waals surface area (Å²) in [5.41, 5.74) is 0.994. The molecule has 0 radical (unpaired) electrons. The first-order valence-electron chi connectivity index (χ1n) is 6.02. The smallest absolute Gasteiger partial charge is 0.347 e. The van der Waals surface area contributed by atoms with Gasteiger partial charge in [-0.25, -0.2) is 4.79 Å². The van der Waals surface area contributed by atoms with Gasteiger partial charge in [0.05, 0.1) is 5.56 Å². The van der Waals surface area contributed by atoms with Crippen LogP contribution in [0.5, 0.6) is 11.5 Å². The second kappa shape index (κ2) is 4.66. The van der Waals surface area contributed by atoms with Crippen molar-refractivity contribution >= 4 is 17.8 Å². The predicted octanol–water partition coefficient (Wildman–Crippen LogP) is 2.58. The molecule has 1 aliphatic rings. The summed E-state index contributed by atoms with van der Waals surface area (Å²) < 4.78 is 5.13. The van der Waals surface area contributed by atoms with Gasteiger partial charge in [-0.15, -0.1) is 0 Å². The highest BCUT2D eigenvalue weighted by molar-refractivity contribution is 6.30. The van der Waals surface area contributed by atoms with E-state index in [0.29, 0.717) is 11.1 Å². The summed E-state index contributed by atoms with van der Waals surface area (Å²) in [7, 11) is 0. The third-order valence-corrected chi connectivity index (χ3v) is 3.00. The van der Waals surface area contributed by atoms with E-state index in [0.717, 1.165) is 0 Å². The van der Waals surface area contributed by atoms with Crippen LogP contribution < -0.4 is 4.74 Å². The van der Waals surface area contributed by atoms with Crippen molar-refractivity contribution in [3.63, 3.8) is 0 Å². The van der Waals surface area contributed by atoms with Gasteiger partial charge in [0.1, 0.15) is 17.1 Å². The molecule has 1 heterocycles. The van der Waals surface area contributed by atoms with E-state index in [1.165, 1.54) is 18.2 Å². The number of rotatable bonds is 1. The zero-order chi connectivity index (χ0) is 14.1. The average molecular weight is 266 g/mol. The molecule has 1 aliphatic heterocycles. The summed E-state index contributed by atoms with van der Waals surface area (Å²) >= 11 is 0. The van der Waals surface area contributed by atoms with Crippen LogP contribution in [0.1, 0.15) is 15.9 Å². The molecule has 0 amide bonds. The van der Waals surface area contributed by atoms with E-state index < -0.39 is 5.97 Å². The van der Waals surface area contributed by atoms with E-state index >= 15 is 0 Å². The van der Waals surface area contributed by atoms with Crippen LogP contribution in [0.15, 0.2) is 54.1 Å². The number of phenolic OH excluding ortho intramolecular Hbond substituents is 1. The Hall–Kier alpha value is -2.88. The number of esters is 1. The van der Waals surface area contributed by atoms with Crippen LogP contribution in [-0.4, -0.2) is 16.9 Å². The molecular formula is C16H10O4. The molecule has 2 aromatic rings. The second-order valence-electron chi connectivity index (χ2n) is 4.36. The SMILES string of the molecule is O=C1Oc2ccccc2C(=O)C1=Cc1ccc(O)cc1. The van der Waals surface area contributed by atoms with Gasteiger partial charge >= 0.3 is 5.97 Å². The van der Waals surface area contributed by atoms with Crippen LogP contribution in [-0.2, 0) is 4.79 Å². The first-order chi connectivity index (χ1) is 9.65. The third kappa shape index (κ3) is 2.07. The Morgan fingerprint density at radius 2 is 1.65 bits per heavy atom. The average Bonchev–Trinajstić information content (AvgIpc) is 2.45. The standard InChI is InChI=1S/C16H10O4/c17-11-7-5-10(6-8-11)9-13-15(18)12-3-1-2-4-14(12)20-16(13)19/h1-9,17H. The van der Waals surface area contributed by atoms with Gasteiger partial charge < -0.3 is 9.84 Å². The Morgan fingerprint density at radius 3 is 2.40 bits per heavy atom. The third-order valence-electron chi connectivity index (χ3n) is 3.00. The molecule has 0 fully saturated rings. The molecule has 0 saturated carbocycles. The topological polar surface area (TPSA) is 63.6 Å².